The summed E-state index contributed by atoms with van der Waals surface area (Å²) in [6.07, 6.45) is 0.696. The van der Waals surface area contributed by atoms with Crippen LogP contribution in [0.3, 0.4) is 0 Å². The van der Waals surface area contributed by atoms with E-state index in [1.807, 2.05) is 6.92 Å². The zero-order valence-corrected chi connectivity index (χ0v) is 10.8. The van der Waals surface area contributed by atoms with E-state index in [9.17, 15) is 13.2 Å². The van der Waals surface area contributed by atoms with Crippen LogP contribution in [-0.4, -0.2) is 10.2 Å². The van der Waals surface area contributed by atoms with Gasteiger partial charge in [-0.3, -0.25) is 0 Å². The van der Waals surface area contributed by atoms with Gasteiger partial charge >= 0.3 is 0 Å². The van der Waals surface area contributed by atoms with Crippen LogP contribution in [0.2, 0.25) is 0 Å². The highest BCUT2D eigenvalue weighted by Gasteiger charge is 2.20. The number of aromatic nitrogens is 2. The average molecular weight is 321 g/mol. The lowest BCUT2D eigenvalue weighted by molar-refractivity contribution is 0.443. The summed E-state index contributed by atoms with van der Waals surface area (Å²) in [5.74, 6) is -4.08. The van der Waals surface area contributed by atoms with E-state index in [-0.39, 0.29) is 22.2 Å². The van der Waals surface area contributed by atoms with Gasteiger partial charge in [0.2, 0.25) is 5.89 Å². The number of halogens is 4. The molecule has 0 spiro atoms. The van der Waals surface area contributed by atoms with E-state index < -0.39 is 17.5 Å². The largest absolute Gasteiger partial charge is 0.419 e. The Morgan fingerprint density at radius 1 is 1.22 bits per heavy atom. The molecule has 0 bridgehead atoms. The second kappa shape index (κ2) is 5.09. The summed E-state index contributed by atoms with van der Waals surface area (Å²) >= 11 is 3.29. The summed E-state index contributed by atoms with van der Waals surface area (Å²) in [6, 6.07) is 1.86. The van der Waals surface area contributed by atoms with E-state index in [1.165, 1.54) is 0 Å². The van der Waals surface area contributed by atoms with Crippen molar-refractivity contribution in [2.75, 3.05) is 0 Å². The van der Waals surface area contributed by atoms with E-state index >= 15 is 0 Å². The van der Waals surface area contributed by atoms with Crippen molar-refractivity contribution in [3.8, 4) is 11.5 Å². The second-order valence-corrected chi connectivity index (χ2v) is 4.65. The molecule has 1 aromatic heterocycles. The molecule has 0 N–H and O–H groups in total. The minimum absolute atomic E-state index is 0.160. The van der Waals surface area contributed by atoms with Gasteiger partial charge in [0.25, 0.3) is 5.89 Å². The van der Waals surface area contributed by atoms with Gasteiger partial charge in [0.15, 0.2) is 17.5 Å². The molecule has 1 aromatic carbocycles. The van der Waals surface area contributed by atoms with Gasteiger partial charge in [-0.05, 0) is 18.6 Å². The maximum atomic E-state index is 13.5. The zero-order valence-electron chi connectivity index (χ0n) is 9.25. The highest BCUT2D eigenvalue weighted by atomic mass is 79.9. The maximum Gasteiger partial charge on any atom is 0.250 e. The van der Waals surface area contributed by atoms with Crippen molar-refractivity contribution in [3.05, 3.63) is 35.5 Å². The lowest BCUT2D eigenvalue weighted by Crippen LogP contribution is -1.93. The SMILES string of the molecule is CCC(Br)c1nnc(-c2ccc(F)c(F)c2F)o1. The Morgan fingerprint density at radius 3 is 2.61 bits per heavy atom. The summed E-state index contributed by atoms with van der Waals surface area (Å²) in [5.41, 5.74) is -0.261. The Labute approximate surface area is 109 Å². The molecule has 1 heterocycles. The first-order valence-corrected chi connectivity index (χ1v) is 6.07. The van der Waals surface area contributed by atoms with Crippen LogP contribution in [0.5, 0.6) is 0 Å². The van der Waals surface area contributed by atoms with Gasteiger partial charge < -0.3 is 4.42 Å². The highest BCUT2D eigenvalue weighted by Crippen LogP contribution is 2.29. The van der Waals surface area contributed by atoms with E-state index in [0.29, 0.717) is 6.42 Å². The predicted molar refractivity (Wildman–Crippen MR) is 61.6 cm³/mol. The van der Waals surface area contributed by atoms with Crippen molar-refractivity contribution < 1.29 is 17.6 Å². The minimum atomic E-state index is -1.56. The van der Waals surface area contributed by atoms with Crippen LogP contribution in [0.1, 0.15) is 24.1 Å². The standard InChI is InChI=1S/C11H8BrF3N2O/c1-2-6(12)11-17-16-10(18-11)5-3-4-7(13)9(15)8(5)14/h3-4,6H,2H2,1H3. The molecule has 2 aromatic rings. The van der Waals surface area contributed by atoms with Crippen molar-refractivity contribution in [1.29, 1.82) is 0 Å². The van der Waals surface area contributed by atoms with Crippen LogP contribution in [0.15, 0.2) is 16.5 Å². The van der Waals surface area contributed by atoms with Crippen molar-refractivity contribution in [1.82, 2.24) is 10.2 Å². The second-order valence-electron chi connectivity index (χ2n) is 3.54. The number of nitrogens with zero attached hydrogens (tertiary/aromatic N) is 2. The van der Waals surface area contributed by atoms with Crippen molar-refractivity contribution in [3.63, 3.8) is 0 Å². The average Bonchev–Trinajstić information content (AvgIpc) is 2.84. The molecule has 3 nitrogen and oxygen atoms in total. The van der Waals surface area contributed by atoms with Gasteiger partial charge in [-0.15, -0.1) is 10.2 Å². The fourth-order valence-corrected chi connectivity index (χ4v) is 1.52. The topological polar surface area (TPSA) is 38.9 Å². The molecule has 1 unspecified atom stereocenters. The minimum Gasteiger partial charge on any atom is -0.419 e. The smallest absolute Gasteiger partial charge is 0.250 e. The first kappa shape index (κ1) is 13.1. The fraction of sp³-hybridized carbons (Fsp3) is 0.273. The highest BCUT2D eigenvalue weighted by molar-refractivity contribution is 9.09. The zero-order chi connectivity index (χ0) is 13.3. The molecule has 18 heavy (non-hydrogen) atoms. The van der Waals surface area contributed by atoms with Gasteiger partial charge in [-0.1, -0.05) is 22.9 Å². The van der Waals surface area contributed by atoms with E-state index in [1.54, 1.807) is 0 Å². The first-order chi connectivity index (χ1) is 8.54. The van der Waals surface area contributed by atoms with Gasteiger partial charge in [0, 0.05) is 0 Å². The number of hydrogen-bond donors (Lipinski definition) is 0. The Bertz CT molecular complexity index is 573. The molecular formula is C11H8BrF3N2O. The molecule has 2 rings (SSSR count). The van der Waals surface area contributed by atoms with Gasteiger partial charge in [0.05, 0.1) is 10.4 Å². The molecular weight excluding hydrogens is 313 g/mol. The lowest BCUT2D eigenvalue weighted by Gasteiger charge is -2.00. The quantitative estimate of drug-likeness (QED) is 0.633. The van der Waals surface area contributed by atoms with Crippen LogP contribution < -0.4 is 0 Å². The Balaban J connectivity index is 2.43. The number of rotatable bonds is 3. The molecule has 0 saturated heterocycles. The third-order valence-electron chi connectivity index (χ3n) is 2.33. The Kier molecular flexibility index (Phi) is 3.70. The maximum absolute atomic E-state index is 13.5. The van der Waals surface area contributed by atoms with Crippen molar-refractivity contribution in [2.45, 2.75) is 18.2 Å². The van der Waals surface area contributed by atoms with Crippen LogP contribution in [0.4, 0.5) is 13.2 Å². The molecule has 0 aliphatic heterocycles. The number of hydrogen-bond acceptors (Lipinski definition) is 3. The van der Waals surface area contributed by atoms with Gasteiger partial charge in [-0.25, -0.2) is 13.2 Å². The predicted octanol–water partition coefficient (Wildman–Crippen LogP) is 4.00. The van der Waals surface area contributed by atoms with Crippen molar-refractivity contribution >= 4 is 15.9 Å². The molecule has 0 saturated carbocycles. The molecule has 0 aliphatic carbocycles. The Morgan fingerprint density at radius 2 is 1.94 bits per heavy atom. The third kappa shape index (κ3) is 2.27. The normalized spacial score (nSPS) is 12.7. The fourth-order valence-electron chi connectivity index (χ4n) is 1.34. The summed E-state index contributed by atoms with van der Waals surface area (Å²) in [7, 11) is 0. The van der Waals surface area contributed by atoms with E-state index in [0.717, 1.165) is 12.1 Å². The van der Waals surface area contributed by atoms with Gasteiger partial charge in [-0.2, -0.15) is 0 Å². The molecule has 0 aliphatic rings. The van der Waals surface area contributed by atoms with Crippen LogP contribution in [0, 0.1) is 17.5 Å². The van der Waals surface area contributed by atoms with Crippen molar-refractivity contribution in [2.24, 2.45) is 0 Å². The summed E-state index contributed by atoms with van der Waals surface area (Å²) in [4.78, 5) is -0.160. The van der Waals surface area contributed by atoms with E-state index in [2.05, 4.69) is 26.1 Å². The molecule has 0 fully saturated rings. The van der Waals surface area contributed by atoms with Gasteiger partial charge in [0.1, 0.15) is 0 Å². The van der Waals surface area contributed by atoms with E-state index in [4.69, 9.17) is 4.42 Å². The molecule has 1 atom stereocenters. The van der Waals surface area contributed by atoms with Crippen LogP contribution >= 0.6 is 15.9 Å². The lowest BCUT2D eigenvalue weighted by atomic mass is 10.2. The third-order valence-corrected chi connectivity index (χ3v) is 3.37. The number of alkyl halides is 1. The number of benzene rings is 1. The summed E-state index contributed by atoms with van der Waals surface area (Å²) < 4.78 is 44.5. The molecule has 96 valence electrons. The molecule has 0 radical (unpaired) electrons. The molecule has 0 amide bonds. The monoisotopic (exact) mass is 320 g/mol. The van der Waals surface area contributed by atoms with Crippen LogP contribution in [0.25, 0.3) is 11.5 Å². The summed E-state index contributed by atoms with van der Waals surface area (Å²) in [5, 5.41) is 7.32. The van der Waals surface area contributed by atoms with Crippen LogP contribution in [-0.2, 0) is 0 Å². The summed E-state index contributed by atoms with van der Waals surface area (Å²) in [6.45, 7) is 1.89. The molecule has 7 heteroatoms. The Hall–Kier alpha value is -1.37. The first-order valence-electron chi connectivity index (χ1n) is 5.16.